The molecule has 6 aromatic rings. The van der Waals surface area contributed by atoms with E-state index in [1.165, 1.54) is 6.33 Å². The van der Waals surface area contributed by atoms with Crippen LogP contribution in [0.15, 0.2) is 61.2 Å². The number of hydrogen-bond donors (Lipinski definition) is 2. The van der Waals surface area contributed by atoms with Gasteiger partial charge < -0.3 is 5.32 Å². The van der Waals surface area contributed by atoms with Crippen molar-refractivity contribution in [3.8, 4) is 5.13 Å². The Kier molecular flexibility index (Phi) is 3.17. The van der Waals surface area contributed by atoms with Crippen molar-refractivity contribution in [2.24, 2.45) is 0 Å². The molecular formula is C19H12N8S. The molecule has 4 heterocycles. The fraction of sp³-hybridized carbons (Fsp3) is 0. The van der Waals surface area contributed by atoms with E-state index in [-0.39, 0.29) is 0 Å². The number of para-hydroxylation sites is 1. The number of aromatic amines is 1. The first-order chi connectivity index (χ1) is 13.8. The van der Waals surface area contributed by atoms with E-state index in [9.17, 15) is 0 Å². The van der Waals surface area contributed by atoms with Crippen molar-refractivity contribution in [1.82, 2.24) is 34.9 Å². The van der Waals surface area contributed by atoms with Gasteiger partial charge in [-0.2, -0.15) is 10.2 Å². The number of benzene rings is 2. The van der Waals surface area contributed by atoms with Gasteiger partial charge in [0.05, 0.1) is 28.1 Å². The summed E-state index contributed by atoms with van der Waals surface area (Å²) < 4.78 is 2.90. The van der Waals surface area contributed by atoms with Gasteiger partial charge in [-0.25, -0.2) is 19.6 Å². The summed E-state index contributed by atoms with van der Waals surface area (Å²) >= 11 is 1.58. The number of rotatable bonds is 3. The zero-order valence-corrected chi connectivity index (χ0v) is 15.2. The van der Waals surface area contributed by atoms with E-state index in [4.69, 9.17) is 4.98 Å². The van der Waals surface area contributed by atoms with Gasteiger partial charge in [-0.1, -0.05) is 23.5 Å². The van der Waals surface area contributed by atoms with Crippen LogP contribution in [0.4, 0.5) is 11.5 Å². The van der Waals surface area contributed by atoms with Crippen LogP contribution in [0.3, 0.4) is 0 Å². The first-order valence-corrected chi connectivity index (χ1v) is 9.42. The monoisotopic (exact) mass is 384 g/mol. The SMILES string of the molecule is c1ccc2sc(-n3ncc4ncnc(Nc5ccc6cn[nH]c6c5)c43)nc2c1. The predicted octanol–water partition coefficient (Wildman–Crippen LogP) is 4.05. The summed E-state index contributed by atoms with van der Waals surface area (Å²) in [5, 5.41) is 16.8. The molecule has 0 aliphatic carbocycles. The van der Waals surface area contributed by atoms with Crippen molar-refractivity contribution in [2.75, 3.05) is 5.32 Å². The second-order valence-electron chi connectivity index (χ2n) is 6.27. The van der Waals surface area contributed by atoms with Gasteiger partial charge in [0.2, 0.25) is 5.13 Å². The molecule has 0 saturated carbocycles. The quantitative estimate of drug-likeness (QED) is 0.478. The average molecular weight is 384 g/mol. The number of hydrogen-bond acceptors (Lipinski definition) is 7. The molecule has 0 saturated heterocycles. The second-order valence-corrected chi connectivity index (χ2v) is 7.28. The van der Waals surface area contributed by atoms with E-state index in [2.05, 4.69) is 36.6 Å². The van der Waals surface area contributed by atoms with E-state index in [0.717, 1.165) is 43.0 Å². The summed E-state index contributed by atoms with van der Waals surface area (Å²) in [4.78, 5) is 13.5. The van der Waals surface area contributed by atoms with Crippen LogP contribution in [-0.4, -0.2) is 34.9 Å². The summed E-state index contributed by atoms with van der Waals surface area (Å²) in [6, 6.07) is 14.0. The predicted molar refractivity (Wildman–Crippen MR) is 109 cm³/mol. The smallest absolute Gasteiger partial charge is 0.212 e. The number of H-pyrrole nitrogens is 1. The van der Waals surface area contributed by atoms with Crippen LogP contribution in [0.5, 0.6) is 0 Å². The van der Waals surface area contributed by atoms with Gasteiger partial charge >= 0.3 is 0 Å². The van der Waals surface area contributed by atoms with Gasteiger partial charge in [0.1, 0.15) is 17.4 Å². The molecule has 134 valence electrons. The lowest BCUT2D eigenvalue weighted by atomic mass is 10.2. The summed E-state index contributed by atoms with van der Waals surface area (Å²) in [6.07, 6.45) is 5.06. The van der Waals surface area contributed by atoms with Crippen LogP contribution < -0.4 is 5.32 Å². The van der Waals surface area contributed by atoms with Crippen LogP contribution in [0, 0.1) is 0 Å². The summed E-state index contributed by atoms with van der Waals surface area (Å²) in [5.74, 6) is 0.667. The normalized spacial score (nSPS) is 11.6. The number of fused-ring (bicyclic) bond motifs is 3. The Morgan fingerprint density at radius 1 is 1.00 bits per heavy atom. The molecule has 28 heavy (non-hydrogen) atoms. The molecular weight excluding hydrogens is 372 g/mol. The lowest BCUT2D eigenvalue weighted by Crippen LogP contribution is -2.01. The molecule has 0 unspecified atom stereocenters. The molecule has 8 nitrogen and oxygen atoms in total. The molecule has 0 aliphatic heterocycles. The minimum Gasteiger partial charge on any atom is -0.338 e. The molecule has 0 aliphatic rings. The fourth-order valence-electron chi connectivity index (χ4n) is 3.20. The van der Waals surface area contributed by atoms with Gasteiger partial charge in [-0.3, -0.25) is 5.10 Å². The van der Waals surface area contributed by atoms with Crippen LogP contribution >= 0.6 is 11.3 Å². The third kappa shape index (κ3) is 2.33. The summed E-state index contributed by atoms with van der Waals surface area (Å²) in [5.41, 5.74) is 4.33. The molecule has 9 heteroatoms. The highest BCUT2D eigenvalue weighted by atomic mass is 32.1. The van der Waals surface area contributed by atoms with Crippen LogP contribution in [0.2, 0.25) is 0 Å². The standard InChI is InChI=1S/C19H12N8S/c1-2-4-16-13(3-1)25-19(28-16)27-17-15(9-23-27)20-10-21-18(17)24-12-6-5-11-8-22-26-14(11)7-12/h1-10H,(H,22,26)(H,20,21,24). The third-order valence-electron chi connectivity index (χ3n) is 4.53. The molecule has 4 aromatic heterocycles. The zero-order valence-electron chi connectivity index (χ0n) is 14.4. The minimum absolute atomic E-state index is 0.667. The Bertz CT molecular complexity index is 1430. The van der Waals surface area contributed by atoms with E-state index < -0.39 is 0 Å². The minimum atomic E-state index is 0.667. The van der Waals surface area contributed by atoms with Gasteiger partial charge in [-0.05, 0) is 30.3 Å². The lowest BCUT2D eigenvalue weighted by Gasteiger charge is -2.08. The maximum atomic E-state index is 4.71. The van der Waals surface area contributed by atoms with Crippen molar-refractivity contribution in [2.45, 2.75) is 0 Å². The molecule has 6 rings (SSSR count). The molecule has 0 amide bonds. The van der Waals surface area contributed by atoms with Crippen LogP contribution in [0.1, 0.15) is 0 Å². The highest BCUT2D eigenvalue weighted by molar-refractivity contribution is 7.20. The maximum Gasteiger partial charge on any atom is 0.212 e. The topological polar surface area (TPSA) is 97.2 Å². The van der Waals surface area contributed by atoms with Crippen LogP contribution in [-0.2, 0) is 0 Å². The van der Waals surface area contributed by atoms with E-state index >= 15 is 0 Å². The van der Waals surface area contributed by atoms with Gasteiger partial charge in [-0.15, -0.1) is 0 Å². The van der Waals surface area contributed by atoms with Crippen molar-refractivity contribution in [3.63, 3.8) is 0 Å². The van der Waals surface area contributed by atoms with Crippen molar-refractivity contribution in [1.29, 1.82) is 0 Å². The zero-order chi connectivity index (χ0) is 18.5. The molecule has 0 atom stereocenters. The van der Waals surface area contributed by atoms with Crippen molar-refractivity contribution < 1.29 is 0 Å². The number of nitrogens with zero attached hydrogens (tertiary/aromatic N) is 6. The fourth-order valence-corrected chi connectivity index (χ4v) is 4.13. The Labute approximate surface area is 161 Å². The van der Waals surface area contributed by atoms with Crippen LogP contribution in [0.25, 0.3) is 37.3 Å². The van der Waals surface area contributed by atoms with E-state index in [0.29, 0.717) is 5.82 Å². The first kappa shape index (κ1) is 15.2. The highest BCUT2D eigenvalue weighted by Gasteiger charge is 2.15. The highest BCUT2D eigenvalue weighted by Crippen LogP contribution is 2.30. The average Bonchev–Trinajstić information content (AvgIpc) is 3.44. The third-order valence-corrected chi connectivity index (χ3v) is 5.54. The number of nitrogens with one attached hydrogen (secondary N) is 2. The van der Waals surface area contributed by atoms with Crippen molar-refractivity contribution in [3.05, 3.63) is 61.2 Å². The molecule has 0 fully saturated rings. The molecule has 2 N–H and O–H groups in total. The Morgan fingerprint density at radius 2 is 1.96 bits per heavy atom. The summed E-state index contributed by atoms with van der Waals surface area (Å²) in [7, 11) is 0. The molecule has 0 bridgehead atoms. The Hall–Kier alpha value is -3.85. The van der Waals surface area contributed by atoms with Gasteiger partial charge in [0.15, 0.2) is 5.82 Å². The van der Waals surface area contributed by atoms with Crippen molar-refractivity contribution >= 4 is 55.0 Å². The maximum absolute atomic E-state index is 4.71. The number of anilines is 2. The number of aromatic nitrogens is 7. The van der Waals surface area contributed by atoms with E-state index in [1.807, 2.05) is 36.4 Å². The number of thiazole rings is 1. The lowest BCUT2D eigenvalue weighted by molar-refractivity contribution is 0.901. The molecule has 0 spiro atoms. The summed E-state index contributed by atoms with van der Waals surface area (Å²) in [6.45, 7) is 0. The van der Waals surface area contributed by atoms with Gasteiger partial charge in [0.25, 0.3) is 0 Å². The second kappa shape index (κ2) is 5.83. The van der Waals surface area contributed by atoms with E-state index in [1.54, 1.807) is 28.4 Å². The van der Waals surface area contributed by atoms with Gasteiger partial charge in [0, 0.05) is 11.1 Å². The molecule has 0 radical (unpaired) electrons. The Balaban J connectivity index is 1.50. The Morgan fingerprint density at radius 3 is 2.93 bits per heavy atom. The molecule has 2 aromatic carbocycles. The largest absolute Gasteiger partial charge is 0.338 e. The first-order valence-electron chi connectivity index (χ1n) is 8.60.